The molecule has 0 unspecified atom stereocenters. The molecule has 1 aromatic heterocycles. The summed E-state index contributed by atoms with van der Waals surface area (Å²) in [4.78, 5) is 29.9. The van der Waals surface area contributed by atoms with E-state index in [1.165, 1.54) is 0 Å². The Labute approximate surface area is 194 Å². The smallest absolute Gasteiger partial charge is 0.306 e. The van der Waals surface area contributed by atoms with Gasteiger partial charge in [-0.05, 0) is 66.4 Å². The van der Waals surface area contributed by atoms with Crippen LogP contribution in [0, 0.1) is 0 Å². The van der Waals surface area contributed by atoms with Gasteiger partial charge in [0.1, 0.15) is 11.5 Å². The molecular weight excluding hydrogens is 416 g/mol. The van der Waals surface area contributed by atoms with Gasteiger partial charge < -0.3 is 14.4 Å². The third-order valence-corrected chi connectivity index (χ3v) is 4.88. The maximum Gasteiger partial charge on any atom is 0.306 e. The molecule has 1 heterocycles. The van der Waals surface area contributed by atoms with E-state index in [1.807, 2.05) is 66.7 Å². The minimum absolute atomic E-state index is 0.0917. The van der Waals surface area contributed by atoms with Gasteiger partial charge in [-0.3, -0.25) is 14.6 Å². The number of likely N-dealkylation sites (N-methyl/N-ethyl adjacent to an activating group) is 1. The van der Waals surface area contributed by atoms with Crippen molar-refractivity contribution < 1.29 is 19.1 Å². The minimum atomic E-state index is -0.192. The zero-order valence-corrected chi connectivity index (χ0v) is 19.2. The summed E-state index contributed by atoms with van der Waals surface area (Å²) in [5.41, 5.74) is 3.26. The lowest BCUT2D eigenvalue weighted by molar-refractivity contribution is -0.143. The standard InChI is InChI=1S/C27H28N2O4/c1-4-32-26(30)16-9-20-7-12-23(13-8-20)33-24-14-10-22(11-15-24)25(27(31)29(2)3)18-21-6-5-17-28-19-21/h5-8,10-15,17-19H,4,9,16H2,1-3H3/b25-18+. The van der Waals surface area contributed by atoms with E-state index in [4.69, 9.17) is 9.47 Å². The Bertz CT molecular complexity index is 1090. The van der Waals surface area contributed by atoms with Crippen molar-refractivity contribution in [3.05, 3.63) is 89.7 Å². The lowest BCUT2D eigenvalue weighted by Gasteiger charge is -2.15. The van der Waals surface area contributed by atoms with Gasteiger partial charge in [-0.15, -0.1) is 0 Å². The molecule has 0 bridgehead atoms. The summed E-state index contributed by atoms with van der Waals surface area (Å²) >= 11 is 0. The largest absolute Gasteiger partial charge is 0.466 e. The highest BCUT2D eigenvalue weighted by molar-refractivity contribution is 6.24. The normalized spacial score (nSPS) is 11.1. The van der Waals surface area contributed by atoms with E-state index in [0.29, 0.717) is 36.5 Å². The molecule has 0 saturated carbocycles. The third-order valence-electron chi connectivity index (χ3n) is 4.88. The Morgan fingerprint density at radius 1 is 0.970 bits per heavy atom. The van der Waals surface area contributed by atoms with Crippen LogP contribution >= 0.6 is 0 Å². The summed E-state index contributed by atoms with van der Waals surface area (Å²) in [6, 6.07) is 18.8. The number of hydrogen-bond acceptors (Lipinski definition) is 5. The highest BCUT2D eigenvalue weighted by atomic mass is 16.5. The Morgan fingerprint density at radius 2 is 1.64 bits per heavy atom. The van der Waals surface area contributed by atoms with E-state index >= 15 is 0 Å². The maximum absolute atomic E-state index is 12.8. The van der Waals surface area contributed by atoms with Gasteiger partial charge in [0.15, 0.2) is 0 Å². The monoisotopic (exact) mass is 444 g/mol. The van der Waals surface area contributed by atoms with Crippen LogP contribution in [0.4, 0.5) is 0 Å². The Balaban J connectivity index is 1.70. The first-order valence-corrected chi connectivity index (χ1v) is 10.8. The molecule has 33 heavy (non-hydrogen) atoms. The van der Waals surface area contributed by atoms with Crippen LogP contribution in [0.25, 0.3) is 11.6 Å². The number of nitrogens with zero attached hydrogens (tertiary/aromatic N) is 2. The van der Waals surface area contributed by atoms with E-state index in [0.717, 1.165) is 16.7 Å². The Morgan fingerprint density at radius 3 is 2.21 bits per heavy atom. The lowest BCUT2D eigenvalue weighted by atomic mass is 10.0. The van der Waals surface area contributed by atoms with E-state index in [2.05, 4.69) is 4.98 Å². The number of aryl methyl sites for hydroxylation is 1. The van der Waals surface area contributed by atoms with Crippen molar-refractivity contribution in [2.45, 2.75) is 19.8 Å². The molecule has 170 valence electrons. The molecule has 0 spiro atoms. The van der Waals surface area contributed by atoms with E-state index in [1.54, 1.807) is 38.3 Å². The van der Waals surface area contributed by atoms with Gasteiger partial charge in [-0.25, -0.2) is 0 Å². The van der Waals surface area contributed by atoms with E-state index in [-0.39, 0.29) is 11.9 Å². The molecule has 0 saturated heterocycles. The summed E-state index contributed by atoms with van der Waals surface area (Å²) in [5, 5.41) is 0. The molecule has 0 aliphatic rings. The van der Waals surface area contributed by atoms with Gasteiger partial charge >= 0.3 is 5.97 Å². The first kappa shape index (κ1) is 23.7. The predicted octanol–water partition coefficient (Wildman–Crippen LogP) is 5.00. The average molecular weight is 445 g/mol. The molecule has 1 amide bonds. The molecule has 3 rings (SSSR count). The zero-order valence-electron chi connectivity index (χ0n) is 19.2. The van der Waals surface area contributed by atoms with Crippen LogP contribution < -0.4 is 4.74 Å². The Kier molecular flexibility index (Phi) is 8.36. The molecule has 3 aromatic rings. The SMILES string of the molecule is CCOC(=O)CCc1ccc(Oc2ccc(/C(=C\c3cccnc3)C(=O)N(C)C)cc2)cc1. The topological polar surface area (TPSA) is 68.7 Å². The maximum atomic E-state index is 12.8. The number of hydrogen-bond donors (Lipinski definition) is 0. The summed E-state index contributed by atoms with van der Waals surface area (Å²) in [6.45, 7) is 2.20. The van der Waals surface area contributed by atoms with Crippen molar-refractivity contribution in [3.8, 4) is 11.5 Å². The quantitative estimate of drug-likeness (QED) is 0.343. The number of pyridine rings is 1. The zero-order chi connectivity index (χ0) is 23.6. The second kappa shape index (κ2) is 11.6. The number of benzene rings is 2. The summed E-state index contributed by atoms with van der Waals surface area (Å²) in [7, 11) is 3.46. The second-order valence-corrected chi connectivity index (χ2v) is 7.62. The van der Waals surface area contributed by atoms with Crippen molar-refractivity contribution in [2.75, 3.05) is 20.7 Å². The average Bonchev–Trinajstić information content (AvgIpc) is 2.83. The molecule has 0 N–H and O–H groups in total. The first-order chi connectivity index (χ1) is 16.0. The van der Waals surface area contributed by atoms with Gasteiger partial charge in [-0.1, -0.05) is 30.3 Å². The van der Waals surface area contributed by atoms with Gasteiger partial charge in [-0.2, -0.15) is 0 Å². The van der Waals surface area contributed by atoms with Crippen LogP contribution in [0.3, 0.4) is 0 Å². The minimum Gasteiger partial charge on any atom is -0.466 e. The van der Waals surface area contributed by atoms with Crippen LogP contribution in [-0.2, 0) is 20.7 Å². The van der Waals surface area contributed by atoms with Crippen molar-refractivity contribution in [2.24, 2.45) is 0 Å². The molecule has 6 nitrogen and oxygen atoms in total. The van der Waals surface area contributed by atoms with Gasteiger partial charge in [0.05, 0.1) is 6.61 Å². The van der Waals surface area contributed by atoms with Gasteiger partial charge in [0.2, 0.25) is 0 Å². The highest BCUT2D eigenvalue weighted by Crippen LogP contribution is 2.26. The first-order valence-electron chi connectivity index (χ1n) is 10.8. The number of carbonyl (C=O) groups excluding carboxylic acids is 2. The van der Waals surface area contributed by atoms with E-state index in [9.17, 15) is 9.59 Å². The number of esters is 1. The molecule has 0 radical (unpaired) electrons. The number of ether oxygens (including phenoxy) is 2. The Hall–Kier alpha value is -3.93. The number of carbonyl (C=O) groups is 2. The van der Waals surface area contributed by atoms with Crippen molar-refractivity contribution in [1.29, 1.82) is 0 Å². The molecule has 0 aliphatic heterocycles. The van der Waals surface area contributed by atoms with Gasteiger partial charge in [0.25, 0.3) is 5.91 Å². The molecular formula is C27H28N2O4. The number of amides is 1. The van der Waals surface area contributed by atoms with Crippen molar-refractivity contribution >= 4 is 23.5 Å². The summed E-state index contributed by atoms with van der Waals surface area (Å²) in [6.07, 6.45) is 6.23. The van der Waals surface area contributed by atoms with Crippen LogP contribution in [0.5, 0.6) is 11.5 Å². The summed E-state index contributed by atoms with van der Waals surface area (Å²) < 4.78 is 10.9. The fraction of sp³-hybridized carbons (Fsp3) is 0.222. The third kappa shape index (κ3) is 7.04. The van der Waals surface area contributed by atoms with Crippen LogP contribution in [-0.4, -0.2) is 42.5 Å². The van der Waals surface area contributed by atoms with E-state index < -0.39 is 0 Å². The molecule has 0 aliphatic carbocycles. The molecule has 2 aromatic carbocycles. The predicted molar refractivity (Wildman–Crippen MR) is 129 cm³/mol. The fourth-order valence-corrected chi connectivity index (χ4v) is 3.18. The molecule has 0 fully saturated rings. The molecule has 0 atom stereocenters. The van der Waals surface area contributed by atoms with Crippen LogP contribution in [0.2, 0.25) is 0 Å². The highest BCUT2D eigenvalue weighted by Gasteiger charge is 2.14. The van der Waals surface area contributed by atoms with Crippen LogP contribution in [0.1, 0.15) is 30.0 Å². The number of aromatic nitrogens is 1. The second-order valence-electron chi connectivity index (χ2n) is 7.62. The number of rotatable bonds is 9. The summed E-state index contributed by atoms with van der Waals surface area (Å²) in [5.74, 6) is 1.07. The molecule has 6 heteroatoms. The lowest BCUT2D eigenvalue weighted by Crippen LogP contribution is -2.22. The van der Waals surface area contributed by atoms with Crippen LogP contribution in [0.15, 0.2) is 73.1 Å². The van der Waals surface area contributed by atoms with Crippen molar-refractivity contribution in [3.63, 3.8) is 0 Å². The van der Waals surface area contributed by atoms with Gasteiger partial charge in [0, 0.05) is 38.5 Å². The fourth-order valence-electron chi connectivity index (χ4n) is 3.18. The van der Waals surface area contributed by atoms with Crippen molar-refractivity contribution in [1.82, 2.24) is 9.88 Å².